The molecule has 1 aliphatic rings. The van der Waals surface area contributed by atoms with E-state index in [0.29, 0.717) is 0 Å². The van der Waals surface area contributed by atoms with Gasteiger partial charge in [-0.1, -0.05) is 12.1 Å². The number of rotatable bonds is 12. The number of hydrogen-bond donors (Lipinski definition) is 3. The van der Waals surface area contributed by atoms with Crippen molar-refractivity contribution in [1.29, 1.82) is 0 Å². The molecule has 3 aromatic rings. The summed E-state index contributed by atoms with van der Waals surface area (Å²) < 4.78 is 5.34. The van der Waals surface area contributed by atoms with Crippen LogP contribution in [-0.4, -0.2) is 76.4 Å². The van der Waals surface area contributed by atoms with E-state index in [2.05, 4.69) is 76.0 Å². The van der Waals surface area contributed by atoms with E-state index >= 15 is 0 Å². The van der Waals surface area contributed by atoms with E-state index < -0.39 is 0 Å². The molecule has 0 spiro atoms. The highest BCUT2D eigenvalue weighted by Gasteiger charge is 2.12. The van der Waals surface area contributed by atoms with Crippen molar-refractivity contribution in [2.75, 3.05) is 76.7 Å². The summed E-state index contributed by atoms with van der Waals surface area (Å²) in [6.07, 6.45) is 2.10. The van der Waals surface area contributed by atoms with E-state index in [1.165, 1.54) is 5.69 Å². The molecule has 7 heteroatoms. The normalized spacial score (nSPS) is 13.7. The molecule has 36 heavy (non-hydrogen) atoms. The molecule has 1 saturated heterocycles. The molecule has 4 rings (SSSR count). The topological polar surface area (TPSA) is 78.7 Å². The van der Waals surface area contributed by atoms with Crippen LogP contribution in [0, 0.1) is 0 Å². The van der Waals surface area contributed by atoms with Crippen LogP contribution in [0.25, 0.3) is 22.5 Å². The van der Waals surface area contributed by atoms with Gasteiger partial charge in [0.2, 0.25) is 0 Å². The van der Waals surface area contributed by atoms with Gasteiger partial charge in [-0.15, -0.1) is 0 Å². The minimum atomic E-state index is 0.743. The molecule has 2 heterocycles. The molecule has 1 aliphatic heterocycles. The minimum absolute atomic E-state index is 0.743. The zero-order chi connectivity index (χ0) is 25.2. The highest BCUT2D eigenvalue weighted by molar-refractivity contribution is 5.73. The van der Waals surface area contributed by atoms with Crippen molar-refractivity contribution < 1.29 is 4.74 Å². The van der Waals surface area contributed by atoms with Crippen LogP contribution >= 0.6 is 0 Å². The number of nitrogens with one attached hydrogen (secondary N) is 2. The second kappa shape index (κ2) is 13.3. The van der Waals surface area contributed by atoms with Crippen molar-refractivity contribution >= 4 is 11.4 Å². The first-order chi connectivity index (χ1) is 17.7. The number of benzene rings is 2. The average molecular weight is 489 g/mol. The molecule has 2 aromatic carbocycles. The zero-order valence-corrected chi connectivity index (χ0v) is 21.7. The monoisotopic (exact) mass is 488 g/mol. The van der Waals surface area contributed by atoms with Gasteiger partial charge in [-0.25, -0.2) is 4.98 Å². The Morgan fingerprint density at radius 2 is 1.56 bits per heavy atom. The Bertz CT molecular complexity index is 1060. The van der Waals surface area contributed by atoms with Crippen molar-refractivity contribution in [3.05, 3.63) is 60.7 Å². The van der Waals surface area contributed by atoms with Crippen LogP contribution in [0.2, 0.25) is 0 Å². The molecule has 0 unspecified atom stereocenters. The Morgan fingerprint density at radius 3 is 2.17 bits per heavy atom. The number of nitrogens with two attached hydrogens (primary N) is 1. The van der Waals surface area contributed by atoms with Gasteiger partial charge in [0.05, 0.1) is 18.5 Å². The van der Waals surface area contributed by atoms with Gasteiger partial charge in [-0.2, -0.15) is 0 Å². The summed E-state index contributed by atoms with van der Waals surface area (Å²) in [4.78, 5) is 9.81. The summed E-state index contributed by atoms with van der Waals surface area (Å²) in [6, 6.07) is 21.2. The van der Waals surface area contributed by atoms with Crippen molar-refractivity contribution in [3.63, 3.8) is 0 Å². The number of pyridine rings is 1. The summed E-state index contributed by atoms with van der Waals surface area (Å²) >= 11 is 0. The van der Waals surface area contributed by atoms with E-state index in [-0.39, 0.29) is 0 Å². The van der Waals surface area contributed by atoms with Crippen LogP contribution in [0.3, 0.4) is 0 Å². The lowest BCUT2D eigenvalue weighted by Crippen LogP contribution is -2.43. The number of anilines is 2. The van der Waals surface area contributed by atoms with Crippen LogP contribution in [0.1, 0.15) is 12.8 Å². The molecular weight excluding hydrogens is 448 g/mol. The summed E-state index contributed by atoms with van der Waals surface area (Å²) in [7, 11) is 3.85. The quantitative estimate of drug-likeness (QED) is 0.334. The van der Waals surface area contributed by atoms with Crippen molar-refractivity contribution in [3.8, 4) is 28.3 Å². The molecule has 0 amide bonds. The first kappa shape index (κ1) is 25.9. The third-order valence-corrected chi connectivity index (χ3v) is 6.65. The smallest absolute Gasteiger partial charge is 0.118 e. The van der Waals surface area contributed by atoms with Crippen LogP contribution in [0.4, 0.5) is 11.4 Å². The predicted molar refractivity (Wildman–Crippen MR) is 151 cm³/mol. The molecule has 0 saturated carbocycles. The lowest BCUT2D eigenvalue weighted by atomic mass is 10.1. The first-order valence-electron chi connectivity index (χ1n) is 13.0. The zero-order valence-electron chi connectivity index (χ0n) is 21.7. The number of methoxy groups -OCH3 is 1. The maximum atomic E-state index is 5.64. The molecule has 0 aliphatic carbocycles. The Hall–Kier alpha value is -3.13. The van der Waals surface area contributed by atoms with E-state index in [9.17, 15) is 0 Å². The minimum Gasteiger partial charge on any atom is -0.497 e. The molecule has 1 aromatic heterocycles. The molecule has 1 fully saturated rings. The average Bonchev–Trinajstić information content (AvgIpc) is 2.94. The van der Waals surface area contributed by atoms with E-state index in [4.69, 9.17) is 15.5 Å². The first-order valence-corrected chi connectivity index (χ1v) is 13.0. The molecular formula is C29H40N6O. The van der Waals surface area contributed by atoms with Crippen LogP contribution in [0.15, 0.2) is 60.7 Å². The second-order valence-electron chi connectivity index (χ2n) is 9.36. The van der Waals surface area contributed by atoms with Gasteiger partial charge in [0, 0.05) is 55.2 Å². The summed E-state index contributed by atoms with van der Waals surface area (Å²) in [5, 5.41) is 7.05. The van der Waals surface area contributed by atoms with Gasteiger partial charge in [0.15, 0.2) is 0 Å². The molecule has 0 bridgehead atoms. The van der Waals surface area contributed by atoms with Crippen LogP contribution in [-0.2, 0) is 0 Å². The molecule has 4 N–H and O–H groups in total. The SMILES string of the molecule is COc1ccc(-c2cc(NCCCN(C)CCCN)cc(-c3ccc(N4CCNCC4)cc3)n2)cc1. The van der Waals surface area contributed by atoms with E-state index in [1.54, 1.807) is 7.11 Å². The summed E-state index contributed by atoms with van der Waals surface area (Å²) in [5.74, 6) is 0.843. The molecule has 0 radical (unpaired) electrons. The van der Waals surface area contributed by atoms with Gasteiger partial charge in [0.25, 0.3) is 0 Å². The van der Waals surface area contributed by atoms with E-state index in [0.717, 1.165) is 99.2 Å². The van der Waals surface area contributed by atoms with Crippen molar-refractivity contribution in [2.24, 2.45) is 5.73 Å². The number of ether oxygens (including phenoxy) is 1. The predicted octanol–water partition coefficient (Wildman–Crippen LogP) is 3.92. The summed E-state index contributed by atoms with van der Waals surface area (Å²) in [6.45, 7) is 7.88. The third kappa shape index (κ3) is 7.20. The lowest BCUT2D eigenvalue weighted by Gasteiger charge is -2.29. The van der Waals surface area contributed by atoms with E-state index in [1.807, 2.05) is 12.1 Å². The van der Waals surface area contributed by atoms with Crippen molar-refractivity contribution in [2.45, 2.75) is 12.8 Å². The Kier molecular flexibility index (Phi) is 9.55. The van der Waals surface area contributed by atoms with Gasteiger partial charge in [-0.05, 0) is 88.1 Å². The number of aromatic nitrogens is 1. The maximum Gasteiger partial charge on any atom is 0.118 e. The standard InChI is InChI=1S/C29H40N6O/c1-34(17-3-13-30)18-4-14-32-25-21-28(33-29(22-25)24-7-11-27(36-2)12-8-24)23-5-9-26(10-6-23)35-19-15-31-16-20-35/h5-12,21-22,31H,3-4,13-20,30H2,1-2H3,(H,32,33). The van der Waals surface area contributed by atoms with Gasteiger partial charge in [0.1, 0.15) is 5.75 Å². The Labute approximate surface area is 215 Å². The molecule has 7 nitrogen and oxygen atoms in total. The number of hydrogen-bond acceptors (Lipinski definition) is 7. The molecule has 0 atom stereocenters. The lowest BCUT2D eigenvalue weighted by molar-refractivity contribution is 0.330. The highest BCUT2D eigenvalue weighted by atomic mass is 16.5. The van der Waals surface area contributed by atoms with Crippen molar-refractivity contribution in [1.82, 2.24) is 15.2 Å². The Morgan fingerprint density at radius 1 is 0.944 bits per heavy atom. The highest BCUT2D eigenvalue weighted by Crippen LogP contribution is 2.29. The number of piperazine rings is 1. The number of nitrogens with zero attached hydrogens (tertiary/aromatic N) is 3. The fraction of sp³-hybridized carbons (Fsp3) is 0.414. The van der Waals surface area contributed by atoms with Crippen LogP contribution in [0.5, 0.6) is 5.75 Å². The summed E-state index contributed by atoms with van der Waals surface area (Å²) in [5.41, 5.74) is 12.1. The van der Waals surface area contributed by atoms with Crippen LogP contribution < -0.4 is 26.0 Å². The fourth-order valence-electron chi connectivity index (χ4n) is 4.51. The Balaban J connectivity index is 1.52. The van der Waals surface area contributed by atoms with Gasteiger partial charge in [-0.3, -0.25) is 0 Å². The van der Waals surface area contributed by atoms with Gasteiger partial charge < -0.3 is 30.9 Å². The third-order valence-electron chi connectivity index (χ3n) is 6.65. The maximum absolute atomic E-state index is 5.64. The molecule has 192 valence electrons. The largest absolute Gasteiger partial charge is 0.497 e. The fourth-order valence-corrected chi connectivity index (χ4v) is 4.51. The van der Waals surface area contributed by atoms with Gasteiger partial charge >= 0.3 is 0 Å². The second-order valence-corrected chi connectivity index (χ2v) is 9.36.